The van der Waals surface area contributed by atoms with Gasteiger partial charge in [0, 0.05) is 18.3 Å². The van der Waals surface area contributed by atoms with Gasteiger partial charge in [-0.2, -0.15) is 4.98 Å². The van der Waals surface area contributed by atoms with Crippen molar-refractivity contribution in [2.45, 2.75) is 38.5 Å². The van der Waals surface area contributed by atoms with Crippen LogP contribution in [0.1, 0.15) is 26.3 Å². The molecule has 0 spiro atoms. The first kappa shape index (κ1) is 20.2. The van der Waals surface area contributed by atoms with Crippen LogP contribution in [0.15, 0.2) is 34.9 Å². The highest BCUT2D eigenvalue weighted by Gasteiger charge is 2.31. The number of amides is 2. The molecule has 4 rings (SSSR count). The number of hydrogen-bond acceptors (Lipinski definition) is 8. The average molecular weight is 426 g/mol. The number of rotatable bonds is 7. The van der Waals surface area contributed by atoms with E-state index in [4.69, 9.17) is 9.15 Å². The van der Waals surface area contributed by atoms with E-state index in [9.17, 15) is 9.59 Å². The van der Waals surface area contributed by atoms with Gasteiger partial charge in [0.2, 0.25) is 5.91 Å². The number of nitrogens with one attached hydrogen (secondary N) is 2. The molecule has 9 heteroatoms. The molecule has 1 aliphatic heterocycles. The minimum absolute atomic E-state index is 0.0239. The maximum absolute atomic E-state index is 11.8. The number of hydrogen-bond donors (Lipinski definition) is 2. The van der Waals surface area contributed by atoms with E-state index in [0.29, 0.717) is 35.8 Å². The Balaban J connectivity index is 1.63. The highest BCUT2D eigenvalue weighted by Crippen LogP contribution is 2.34. The summed E-state index contributed by atoms with van der Waals surface area (Å²) in [6, 6.07) is 8.06. The minimum atomic E-state index is -0.410. The molecular formula is C21H22N4O4S. The van der Waals surface area contributed by atoms with E-state index in [1.54, 1.807) is 6.20 Å². The second kappa shape index (κ2) is 8.35. The monoisotopic (exact) mass is 426 g/mol. The van der Waals surface area contributed by atoms with E-state index < -0.39 is 5.25 Å². The topological polar surface area (TPSA) is 106 Å². The molecule has 3 heterocycles. The second-order valence-corrected chi connectivity index (χ2v) is 8.35. The number of benzene rings is 1. The number of nitrogens with zero attached hydrogens (tertiary/aromatic N) is 2. The number of carbonyl (C=O) groups excluding carboxylic acids is 2. The van der Waals surface area contributed by atoms with Crippen molar-refractivity contribution in [1.29, 1.82) is 0 Å². The first-order chi connectivity index (χ1) is 14.4. The van der Waals surface area contributed by atoms with Crippen molar-refractivity contribution >= 4 is 40.0 Å². The molecule has 1 saturated heterocycles. The summed E-state index contributed by atoms with van der Waals surface area (Å²) in [4.78, 5) is 32.1. The molecule has 3 aromatic rings. The van der Waals surface area contributed by atoms with Crippen LogP contribution in [0.4, 0.5) is 10.8 Å². The number of imide groups is 1. The Hall–Kier alpha value is -3.07. The number of ether oxygens (including phenoxy) is 1. The molecule has 30 heavy (non-hydrogen) atoms. The summed E-state index contributed by atoms with van der Waals surface area (Å²) in [5.41, 5.74) is 3.76. The fraction of sp³-hybridized carbons (Fsp3) is 0.333. The predicted molar refractivity (Wildman–Crippen MR) is 116 cm³/mol. The fourth-order valence-corrected chi connectivity index (χ4v) is 4.04. The summed E-state index contributed by atoms with van der Waals surface area (Å²) in [6.07, 6.45) is 2.15. The lowest BCUT2D eigenvalue weighted by Crippen LogP contribution is -2.25. The van der Waals surface area contributed by atoms with E-state index in [1.165, 1.54) is 0 Å². The Morgan fingerprint density at radius 3 is 2.77 bits per heavy atom. The molecule has 1 unspecified atom stereocenters. The van der Waals surface area contributed by atoms with Gasteiger partial charge in [-0.05, 0) is 51.0 Å². The van der Waals surface area contributed by atoms with Crippen LogP contribution in [0.3, 0.4) is 0 Å². The summed E-state index contributed by atoms with van der Waals surface area (Å²) in [5, 5.41) is 4.67. The first-order valence-corrected chi connectivity index (χ1v) is 10.6. The highest BCUT2D eigenvalue weighted by atomic mass is 32.2. The molecule has 0 aliphatic carbocycles. The lowest BCUT2D eigenvalue weighted by Gasteiger charge is -2.11. The summed E-state index contributed by atoms with van der Waals surface area (Å²) in [5.74, 6) is 0.357. The first-order valence-electron chi connectivity index (χ1n) is 9.75. The molecular weight excluding hydrogens is 404 g/mol. The van der Waals surface area contributed by atoms with Gasteiger partial charge in [0.05, 0.1) is 17.0 Å². The Kier molecular flexibility index (Phi) is 5.63. The van der Waals surface area contributed by atoms with Crippen LogP contribution in [-0.2, 0) is 11.2 Å². The van der Waals surface area contributed by atoms with E-state index in [0.717, 1.165) is 28.6 Å². The largest absolute Gasteiger partial charge is 0.487 e. The van der Waals surface area contributed by atoms with Gasteiger partial charge in [-0.25, -0.2) is 0 Å². The zero-order valence-electron chi connectivity index (χ0n) is 16.9. The molecule has 1 atom stereocenters. The van der Waals surface area contributed by atoms with Crippen LogP contribution in [0, 0.1) is 0 Å². The van der Waals surface area contributed by atoms with Crippen molar-refractivity contribution in [3.63, 3.8) is 0 Å². The lowest BCUT2D eigenvalue weighted by atomic mass is 10.1. The van der Waals surface area contributed by atoms with Crippen molar-refractivity contribution in [3.05, 3.63) is 36.0 Å². The Bertz CT molecular complexity index is 1090. The molecule has 1 aliphatic rings. The molecule has 8 nitrogen and oxygen atoms in total. The molecule has 0 saturated carbocycles. The molecule has 1 fully saturated rings. The van der Waals surface area contributed by atoms with Gasteiger partial charge in [-0.15, -0.1) is 0 Å². The van der Waals surface area contributed by atoms with E-state index in [2.05, 4.69) is 20.6 Å². The third-order valence-electron chi connectivity index (χ3n) is 4.46. The van der Waals surface area contributed by atoms with Crippen LogP contribution in [0.25, 0.3) is 22.4 Å². The third-order valence-corrected chi connectivity index (χ3v) is 5.44. The average Bonchev–Trinajstić information content (AvgIpc) is 3.24. The van der Waals surface area contributed by atoms with E-state index in [1.807, 2.05) is 45.0 Å². The van der Waals surface area contributed by atoms with E-state index >= 15 is 0 Å². The van der Waals surface area contributed by atoms with Crippen LogP contribution in [0.5, 0.6) is 5.75 Å². The molecule has 2 amide bonds. The number of aromatic nitrogens is 2. The number of fused-ring (bicyclic) bond motifs is 1. The quantitative estimate of drug-likeness (QED) is 0.584. The Labute approximate surface area is 177 Å². The van der Waals surface area contributed by atoms with Crippen LogP contribution in [-0.4, -0.2) is 39.0 Å². The number of thioether (sulfide) groups is 1. The standard InChI is InChI=1S/C21H22N4O4S/c1-4-22-20-24-15-8-13(9-16(18(15)29-20)28-11(2)3)14-6-5-12(10-23-14)7-17-19(26)25-21(27)30-17/h5-6,8-11,17H,4,7H2,1-3H3,(H,22,24)(H,25,26,27). The van der Waals surface area contributed by atoms with Crippen LogP contribution >= 0.6 is 11.8 Å². The van der Waals surface area contributed by atoms with Gasteiger partial charge in [-0.1, -0.05) is 17.8 Å². The summed E-state index contributed by atoms with van der Waals surface area (Å²) < 4.78 is 11.8. The Morgan fingerprint density at radius 2 is 2.13 bits per heavy atom. The van der Waals surface area contributed by atoms with E-state index in [-0.39, 0.29) is 17.3 Å². The van der Waals surface area contributed by atoms with Gasteiger partial charge in [0.25, 0.3) is 11.3 Å². The van der Waals surface area contributed by atoms with Crippen molar-refractivity contribution in [3.8, 4) is 17.0 Å². The number of oxazole rings is 1. The second-order valence-electron chi connectivity index (χ2n) is 7.18. The summed E-state index contributed by atoms with van der Waals surface area (Å²) in [6.45, 7) is 6.58. The number of pyridine rings is 1. The van der Waals surface area contributed by atoms with Crippen LogP contribution < -0.4 is 15.4 Å². The smallest absolute Gasteiger partial charge is 0.295 e. The zero-order chi connectivity index (χ0) is 21.3. The van der Waals surface area contributed by atoms with Gasteiger partial charge in [0.15, 0.2) is 11.3 Å². The minimum Gasteiger partial charge on any atom is -0.487 e. The fourth-order valence-electron chi connectivity index (χ4n) is 3.18. The zero-order valence-corrected chi connectivity index (χ0v) is 17.7. The predicted octanol–water partition coefficient (Wildman–Crippen LogP) is 4.00. The van der Waals surface area contributed by atoms with Crippen molar-refractivity contribution in [1.82, 2.24) is 15.3 Å². The normalized spacial score (nSPS) is 16.3. The molecule has 1 aromatic carbocycles. The summed E-state index contributed by atoms with van der Waals surface area (Å²) >= 11 is 1.02. The molecule has 2 N–H and O–H groups in total. The maximum Gasteiger partial charge on any atom is 0.295 e. The number of anilines is 1. The van der Waals surface area contributed by atoms with Gasteiger partial charge >= 0.3 is 0 Å². The molecule has 156 valence electrons. The van der Waals surface area contributed by atoms with Gasteiger partial charge < -0.3 is 14.5 Å². The van der Waals surface area contributed by atoms with Gasteiger partial charge in [0.1, 0.15) is 5.52 Å². The lowest BCUT2D eigenvalue weighted by molar-refractivity contribution is -0.118. The highest BCUT2D eigenvalue weighted by molar-refractivity contribution is 8.15. The number of carbonyl (C=O) groups is 2. The Morgan fingerprint density at radius 1 is 1.30 bits per heavy atom. The van der Waals surface area contributed by atoms with Gasteiger partial charge in [-0.3, -0.25) is 19.9 Å². The molecule has 2 aromatic heterocycles. The maximum atomic E-state index is 11.8. The van der Waals surface area contributed by atoms with Crippen molar-refractivity contribution < 1.29 is 18.7 Å². The van der Waals surface area contributed by atoms with Crippen molar-refractivity contribution in [2.24, 2.45) is 0 Å². The molecule has 0 radical (unpaired) electrons. The molecule has 0 bridgehead atoms. The SMILES string of the molecule is CCNc1nc2cc(-c3ccc(CC4SC(=O)NC4=O)cn3)cc(OC(C)C)c2o1. The summed E-state index contributed by atoms with van der Waals surface area (Å²) in [7, 11) is 0. The van der Waals surface area contributed by atoms with Crippen LogP contribution in [0.2, 0.25) is 0 Å². The van der Waals surface area contributed by atoms with Crippen molar-refractivity contribution in [2.75, 3.05) is 11.9 Å². The third kappa shape index (κ3) is 4.25.